The van der Waals surface area contributed by atoms with Crippen LogP contribution in [-0.4, -0.2) is 27.0 Å². The van der Waals surface area contributed by atoms with Gasteiger partial charge in [-0.15, -0.1) is 11.3 Å². The molecule has 0 aromatic carbocycles. The van der Waals surface area contributed by atoms with Crippen LogP contribution in [0.15, 0.2) is 22.6 Å². The Labute approximate surface area is 130 Å². The average molecular weight is 357 g/mol. The molecule has 2 rings (SSSR count). The van der Waals surface area contributed by atoms with Crippen molar-refractivity contribution in [2.75, 3.05) is 6.54 Å². The van der Waals surface area contributed by atoms with E-state index < -0.39 is 0 Å². The summed E-state index contributed by atoms with van der Waals surface area (Å²) in [7, 11) is 0. The molecule has 1 amide bonds. The summed E-state index contributed by atoms with van der Waals surface area (Å²) in [6, 6.07) is 0. The van der Waals surface area contributed by atoms with Crippen LogP contribution in [0.3, 0.4) is 0 Å². The minimum Gasteiger partial charge on any atom is -0.351 e. The summed E-state index contributed by atoms with van der Waals surface area (Å²) in [5.74, 6) is 0.201. The highest BCUT2D eigenvalue weighted by Gasteiger charge is 2.19. The number of carbonyl (C=O) groups is 1. The number of halogens is 1. The van der Waals surface area contributed by atoms with E-state index >= 15 is 0 Å². The lowest BCUT2D eigenvalue weighted by Gasteiger charge is -2.07. The SMILES string of the molecule is CC(C)c1sc(Br)nc1C(=O)NCCCn1ccnc1. The third-order valence-electron chi connectivity index (χ3n) is 2.80. The summed E-state index contributed by atoms with van der Waals surface area (Å²) in [5, 5.41) is 2.92. The van der Waals surface area contributed by atoms with E-state index in [1.807, 2.05) is 10.8 Å². The van der Waals surface area contributed by atoms with Gasteiger partial charge in [-0.2, -0.15) is 0 Å². The first-order chi connectivity index (χ1) is 9.58. The summed E-state index contributed by atoms with van der Waals surface area (Å²) >= 11 is 4.87. The highest BCUT2D eigenvalue weighted by atomic mass is 79.9. The number of imidazole rings is 1. The first kappa shape index (κ1) is 15.2. The standard InChI is InChI=1S/C13H17BrN4OS/c1-9(2)11-10(17-13(14)20-11)12(19)16-4-3-6-18-7-5-15-8-18/h5,7-9H,3-4,6H2,1-2H3,(H,16,19). The molecule has 5 nitrogen and oxygen atoms in total. The molecule has 108 valence electrons. The van der Waals surface area contributed by atoms with Gasteiger partial charge in [-0.1, -0.05) is 13.8 Å². The summed E-state index contributed by atoms with van der Waals surface area (Å²) in [5.41, 5.74) is 0.541. The number of thiazole rings is 1. The molecule has 0 saturated carbocycles. The van der Waals surface area contributed by atoms with Gasteiger partial charge in [0.25, 0.3) is 5.91 Å². The minimum atomic E-state index is -0.0960. The third kappa shape index (κ3) is 3.89. The minimum absolute atomic E-state index is 0.0960. The van der Waals surface area contributed by atoms with Gasteiger partial charge >= 0.3 is 0 Å². The van der Waals surface area contributed by atoms with E-state index in [0.717, 1.165) is 21.8 Å². The maximum Gasteiger partial charge on any atom is 0.271 e. The lowest BCUT2D eigenvalue weighted by Crippen LogP contribution is -2.26. The average Bonchev–Trinajstić information content (AvgIpc) is 3.03. The van der Waals surface area contributed by atoms with Crippen LogP contribution in [-0.2, 0) is 6.54 Å². The van der Waals surface area contributed by atoms with Crippen LogP contribution in [0.2, 0.25) is 0 Å². The summed E-state index contributed by atoms with van der Waals surface area (Å²) in [6.07, 6.45) is 6.30. The summed E-state index contributed by atoms with van der Waals surface area (Å²) in [4.78, 5) is 21.4. The molecule has 0 unspecified atom stereocenters. The maximum atomic E-state index is 12.1. The molecule has 1 N–H and O–H groups in total. The largest absolute Gasteiger partial charge is 0.351 e. The summed E-state index contributed by atoms with van der Waals surface area (Å²) < 4.78 is 2.75. The second-order valence-electron chi connectivity index (χ2n) is 4.74. The van der Waals surface area contributed by atoms with E-state index in [4.69, 9.17) is 0 Å². The number of amides is 1. The molecule has 0 spiro atoms. The Hall–Kier alpha value is -1.21. The van der Waals surface area contributed by atoms with Gasteiger partial charge in [0.1, 0.15) is 5.69 Å². The van der Waals surface area contributed by atoms with Crippen LogP contribution in [0.4, 0.5) is 0 Å². The van der Waals surface area contributed by atoms with Crippen molar-refractivity contribution in [1.29, 1.82) is 0 Å². The quantitative estimate of drug-likeness (QED) is 0.809. The van der Waals surface area contributed by atoms with Gasteiger partial charge in [0.05, 0.1) is 6.33 Å². The summed E-state index contributed by atoms with van der Waals surface area (Å²) in [6.45, 7) is 5.60. The van der Waals surface area contributed by atoms with Crippen molar-refractivity contribution in [3.63, 3.8) is 0 Å². The van der Waals surface area contributed by atoms with Gasteiger partial charge in [-0.05, 0) is 28.3 Å². The smallest absolute Gasteiger partial charge is 0.271 e. The number of hydrogen-bond donors (Lipinski definition) is 1. The maximum absolute atomic E-state index is 12.1. The zero-order chi connectivity index (χ0) is 14.5. The molecule has 0 saturated heterocycles. The van der Waals surface area contributed by atoms with E-state index in [2.05, 4.69) is 45.1 Å². The number of nitrogens with one attached hydrogen (secondary N) is 1. The van der Waals surface area contributed by atoms with E-state index in [1.165, 1.54) is 11.3 Å². The van der Waals surface area contributed by atoms with Crippen molar-refractivity contribution in [2.45, 2.75) is 32.7 Å². The molecule has 0 bridgehead atoms. The molecule has 20 heavy (non-hydrogen) atoms. The Morgan fingerprint density at radius 2 is 2.35 bits per heavy atom. The molecule has 2 heterocycles. The normalized spacial score (nSPS) is 11.0. The predicted molar refractivity (Wildman–Crippen MR) is 83.1 cm³/mol. The van der Waals surface area contributed by atoms with Crippen LogP contribution in [0, 0.1) is 0 Å². The van der Waals surface area contributed by atoms with Crippen LogP contribution in [0.5, 0.6) is 0 Å². The lowest BCUT2D eigenvalue weighted by atomic mass is 10.1. The van der Waals surface area contributed by atoms with Crippen LogP contribution in [0.25, 0.3) is 0 Å². The van der Waals surface area contributed by atoms with E-state index in [9.17, 15) is 4.79 Å². The van der Waals surface area contributed by atoms with E-state index in [1.54, 1.807) is 12.5 Å². The topological polar surface area (TPSA) is 59.8 Å². The van der Waals surface area contributed by atoms with Crippen molar-refractivity contribution in [2.24, 2.45) is 0 Å². The van der Waals surface area contributed by atoms with Crippen molar-refractivity contribution < 1.29 is 4.79 Å². The second-order valence-corrected chi connectivity index (χ2v) is 7.05. The molecular formula is C13H17BrN4OS. The van der Waals surface area contributed by atoms with Crippen LogP contribution >= 0.6 is 27.3 Å². The second kappa shape index (κ2) is 6.99. The molecule has 0 radical (unpaired) electrons. The van der Waals surface area contributed by atoms with Crippen molar-refractivity contribution in [1.82, 2.24) is 19.9 Å². The fourth-order valence-electron chi connectivity index (χ4n) is 1.83. The number of nitrogens with zero attached hydrogens (tertiary/aromatic N) is 3. The van der Waals surface area contributed by atoms with Gasteiger partial charge in [0.2, 0.25) is 0 Å². The van der Waals surface area contributed by atoms with Crippen molar-refractivity contribution in [3.8, 4) is 0 Å². The molecular weight excluding hydrogens is 340 g/mol. The van der Waals surface area contributed by atoms with Crippen LogP contribution in [0.1, 0.15) is 41.6 Å². The lowest BCUT2D eigenvalue weighted by molar-refractivity contribution is 0.0947. The Kier molecular flexibility index (Phi) is 5.31. The third-order valence-corrected chi connectivity index (χ3v) is 4.61. The van der Waals surface area contributed by atoms with Gasteiger partial charge in [0, 0.05) is 30.4 Å². The number of aromatic nitrogens is 3. The number of carbonyl (C=O) groups excluding carboxylic acids is 1. The zero-order valence-corrected chi connectivity index (χ0v) is 13.9. The Morgan fingerprint density at radius 1 is 1.55 bits per heavy atom. The fourth-order valence-corrected chi connectivity index (χ4v) is 3.31. The molecule has 0 atom stereocenters. The number of aryl methyl sites for hydroxylation is 1. The highest BCUT2D eigenvalue weighted by molar-refractivity contribution is 9.11. The van der Waals surface area contributed by atoms with Gasteiger partial charge in [-0.25, -0.2) is 9.97 Å². The van der Waals surface area contributed by atoms with E-state index in [0.29, 0.717) is 18.2 Å². The van der Waals surface area contributed by atoms with Crippen LogP contribution < -0.4 is 5.32 Å². The monoisotopic (exact) mass is 356 g/mol. The highest BCUT2D eigenvalue weighted by Crippen LogP contribution is 2.29. The van der Waals surface area contributed by atoms with Gasteiger partial charge in [-0.3, -0.25) is 4.79 Å². The molecule has 2 aromatic rings. The number of rotatable bonds is 6. The molecule has 0 aliphatic carbocycles. The Morgan fingerprint density at radius 3 is 3.00 bits per heavy atom. The fraction of sp³-hybridized carbons (Fsp3) is 0.462. The van der Waals surface area contributed by atoms with Gasteiger partial charge in [0.15, 0.2) is 3.92 Å². The first-order valence-corrected chi connectivity index (χ1v) is 8.09. The van der Waals surface area contributed by atoms with Gasteiger partial charge < -0.3 is 9.88 Å². The Bertz CT molecular complexity index is 565. The molecule has 0 fully saturated rings. The molecule has 0 aliphatic rings. The molecule has 7 heteroatoms. The Balaban J connectivity index is 1.85. The van der Waals surface area contributed by atoms with Crippen molar-refractivity contribution in [3.05, 3.63) is 33.2 Å². The zero-order valence-electron chi connectivity index (χ0n) is 11.5. The molecule has 2 aromatic heterocycles. The molecule has 0 aliphatic heterocycles. The first-order valence-electron chi connectivity index (χ1n) is 6.48. The van der Waals surface area contributed by atoms with E-state index in [-0.39, 0.29) is 5.91 Å². The predicted octanol–water partition coefficient (Wildman–Crippen LogP) is 3.05. The van der Waals surface area contributed by atoms with Crippen molar-refractivity contribution >= 4 is 33.2 Å². The number of hydrogen-bond acceptors (Lipinski definition) is 4.